The first-order chi connectivity index (χ1) is 24.4. The second-order valence-electron chi connectivity index (χ2n) is 14.0. The van der Waals surface area contributed by atoms with E-state index >= 15 is 0 Å². The zero-order valence-electron chi connectivity index (χ0n) is 29.3. The number of amides is 3. The van der Waals surface area contributed by atoms with Gasteiger partial charge in [0.25, 0.3) is 5.91 Å². The van der Waals surface area contributed by atoms with Gasteiger partial charge in [0.2, 0.25) is 11.8 Å². The smallest absolute Gasteiger partial charge is 0.313 e. The highest BCUT2D eigenvalue weighted by atomic mass is 79.9. The van der Waals surface area contributed by atoms with E-state index in [0.29, 0.717) is 29.1 Å². The second kappa shape index (κ2) is 16.4. The number of halogens is 2. The van der Waals surface area contributed by atoms with Gasteiger partial charge in [0.1, 0.15) is 17.7 Å². The van der Waals surface area contributed by atoms with E-state index in [4.69, 9.17) is 21.1 Å². The molecule has 0 radical (unpaired) electrons. The van der Waals surface area contributed by atoms with Crippen molar-refractivity contribution >= 4 is 56.9 Å². The summed E-state index contributed by atoms with van der Waals surface area (Å²) in [5.74, 6) is -3.84. The average Bonchev–Trinajstić information content (AvgIpc) is 3.71. The van der Waals surface area contributed by atoms with E-state index in [0.717, 1.165) is 0 Å². The number of hydrogen-bond donors (Lipinski definition) is 2. The van der Waals surface area contributed by atoms with Gasteiger partial charge in [0, 0.05) is 17.8 Å². The van der Waals surface area contributed by atoms with Crippen LogP contribution in [-0.4, -0.2) is 81.5 Å². The van der Waals surface area contributed by atoms with Crippen LogP contribution in [0.1, 0.15) is 58.1 Å². The molecule has 3 heterocycles. The molecule has 0 aliphatic carbocycles. The van der Waals surface area contributed by atoms with Gasteiger partial charge in [-0.15, -0.1) is 13.2 Å². The fourth-order valence-corrected chi connectivity index (χ4v) is 9.20. The largest absolute Gasteiger partial charge is 0.455 e. The predicted octanol–water partition coefficient (Wildman–Crippen LogP) is 5.77. The van der Waals surface area contributed by atoms with Gasteiger partial charge in [0.15, 0.2) is 0 Å². The molecule has 274 valence electrons. The number of allylic oxidation sites excluding steroid dienone is 1. The summed E-state index contributed by atoms with van der Waals surface area (Å²) in [6.07, 6.45) is 3.00. The third kappa shape index (κ3) is 7.54. The van der Waals surface area contributed by atoms with E-state index in [1.165, 1.54) is 9.80 Å². The van der Waals surface area contributed by atoms with Crippen molar-refractivity contribution in [2.24, 2.45) is 17.8 Å². The van der Waals surface area contributed by atoms with Crippen molar-refractivity contribution in [1.82, 2.24) is 10.2 Å². The number of nitrogens with one attached hydrogen (secondary N) is 1. The maximum absolute atomic E-state index is 15.0. The Labute approximate surface area is 313 Å². The van der Waals surface area contributed by atoms with Gasteiger partial charge in [-0.3, -0.25) is 19.2 Å². The molecule has 3 amide bonds. The van der Waals surface area contributed by atoms with Crippen LogP contribution in [0.25, 0.3) is 0 Å². The summed E-state index contributed by atoms with van der Waals surface area (Å²) in [6.45, 7) is 13.0. The van der Waals surface area contributed by atoms with Crippen molar-refractivity contribution in [3.8, 4) is 0 Å². The normalized spacial score (nSPS) is 26.7. The summed E-state index contributed by atoms with van der Waals surface area (Å²) in [5.41, 5.74) is -0.301. The number of nitrogens with zero attached hydrogens (tertiary/aromatic N) is 2. The lowest BCUT2D eigenvalue weighted by atomic mass is 9.70. The van der Waals surface area contributed by atoms with Crippen LogP contribution in [0.4, 0.5) is 5.69 Å². The molecule has 2 bridgehead atoms. The third-order valence-corrected chi connectivity index (χ3v) is 11.3. The van der Waals surface area contributed by atoms with E-state index < -0.39 is 65.6 Å². The lowest BCUT2D eigenvalue weighted by Crippen LogP contribution is -2.59. The number of ether oxygens (including phenoxy) is 2. The van der Waals surface area contributed by atoms with Crippen molar-refractivity contribution in [2.45, 2.75) is 87.2 Å². The first kappa shape index (κ1) is 38.7. The molecular formula is C39H47BrClN3O7. The van der Waals surface area contributed by atoms with Gasteiger partial charge < -0.3 is 29.7 Å². The SMILES string of the molecule is C=CCCC(=O)N[C@H](C)[C@@H](OC(=O)[C@H]1[C@@H]2O[C@@]3(CC2Br)[C@@H]1C(=O)N([C@@H](CO)CC(C)C)[C@@H]3C(=O)N(CC=C)c1ccccc1Cl)c1ccccc1. The molecule has 0 aromatic heterocycles. The van der Waals surface area contributed by atoms with Crippen LogP contribution in [0.5, 0.6) is 0 Å². The lowest BCUT2D eigenvalue weighted by molar-refractivity contribution is -0.162. The zero-order valence-corrected chi connectivity index (χ0v) is 31.6. The molecule has 9 atom stereocenters. The number of anilines is 1. The summed E-state index contributed by atoms with van der Waals surface area (Å²) >= 11 is 10.3. The molecule has 3 saturated heterocycles. The molecule has 2 N–H and O–H groups in total. The standard InChI is InChI=1S/C39H47BrClN3O7/c1-6-8-18-30(46)42-24(5)33(25-14-10-9-11-15-25)50-38(49)31-32-36(47)44(26(22-45)20-23(3)4)35(39(32)21-27(40)34(31)51-39)37(48)43(19-7-2)29-17-13-12-16-28(29)41/h6-7,9-17,23-24,26-27,31-35,45H,1-2,8,18-22H2,3-5H3,(H,42,46)/t24-,26-,27?,31-,32+,33-,34-,35-,39+/m1/s1. The Hall–Kier alpha value is -3.51. The highest BCUT2D eigenvalue weighted by Gasteiger charge is 2.77. The van der Waals surface area contributed by atoms with Crippen LogP contribution in [-0.2, 0) is 28.7 Å². The minimum Gasteiger partial charge on any atom is -0.455 e. The van der Waals surface area contributed by atoms with E-state index in [2.05, 4.69) is 34.4 Å². The molecule has 51 heavy (non-hydrogen) atoms. The number of carbonyl (C=O) groups is 4. The maximum atomic E-state index is 15.0. The van der Waals surface area contributed by atoms with Gasteiger partial charge in [-0.1, -0.05) is 96.0 Å². The number of esters is 1. The second-order valence-corrected chi connectivity index (χ2v) is 15.6. The van der Waals surface area contributed by atoms with Crippen molar-refractivity contribution in [1.29, 1.82) is 0 Å². The minimum absolute atomic E-state index is 0.0771. The molecule has 5 rings (SSSR count). The number of alkyl halides is 1. The number of aliphatic hydroxyl groups is 1. The molecule has 12 heteroatoms. The number of carbonyl (C=O) groups excluding carboxylic acids is 4. The monoisotopic (exact) mass is 783 g/mol. The Balaban J connectivity index is 1.56. The molecule has 1 unspecified atom stereocenters. The molecule has 1 spiro atoms. The highest BCUT2D eigenvalue weighted by molar-refractivity contribution is 9.09. The highest BCUT2D eigenvalue weighted by Crippen LogP contribution is 2.61. The van der Waals surface area contributed by atoms with Gasteiger partial charge >= 0.3 is 5.97 Å². The van der Waals surface area contributed by atoms with Crippen molar-refractivity contribution in [3.05, 3.63) is 90.5 Å². The molecule has 2 aromatic rings. The number of benzene rings is 2. The third-order valence-electron chi connectivity index (χ3n) is 10.1. The molecule has 10 nitrogen and oxygen atoms in total. The summed E-state index contributed by atoms with van der Waals surface area (Å²) in [5, 5.41) is 14.0. The molecule has 2 aromatic carbocycles. The molecular weight excluding hydrogens is 738 g/mol. The Morgan fingerprint density at radius 3 is 2.45 bits per heavy atom. The summed E-state index contributed by atoms with van der Waals surface area (Å²) < 4.78 is 13.0. The number of aliphatic hydroxyl groups excluding tert-OH is 1. The molecule has 0 saturated carbocycles. The fraction of sp³-hybridized carbons (Fsp3) is 0.487. The van der Waals surface area contributed by atoms with E-state index in [1.54, 1.807) is 43.3 Å². The van der Waals surface area contributed by atoms with Gasteiger partial charge in [-0.25, -0.2) is 0 Å². The first-order valence-electron chi connectivity index (χ1n) is 17.5. The Kier molecular flexibility index (Phi) is 12.5. The van der Waals surface area contributed by atoms with Gasteiger partial charge in [-0.2, -0.15) is 0 Å². The first-order valence-corrected chi connectivity index (χ1v) is 18.8. The van der Waals surface area contributed by atoms with Crippen molar-refractivity contribution in [2.75, 3.05) is 18.1 Å². The van der Waals surface area contributed by atoms with E-state index in [1.807, 2.05) is 44.2 Å². The minimum atomic E-state index is -1.41. The fourth-order valence-electron chi connectivity index (χ4n) is 8.02. The Morgan fingerprint density at radius 1 is 1.14 bits per heavy atom. The van der Waals surface area contributed by atoms with Crippen LogP contribution < -0.4 is 10.2 Å². The van der Waals surface area contributed by atoms with Crippen LogP contribution >= 0.6 is 27.5 Å². The summed E-state index contributed by atoms with van der Waals surface area (Å²) in [4.78, 5) is 59.6. The van der Waals surface area contributed by atoms with E-state index in [9.17, 15) is 24.3 Å². The Bertz CT molecular complexity index is 1620. The molecule has 3 aliphatic heterocycles. The topological polar surface area (TPSA) is 125 Å². The van der Waals surface area contributed by atoms with Crippen LogP contribution in [0.15, 0.2) is 79.9 Å². The zero-order chi connectivity index (χ0) is 37.0. The van der Waals surface area contributed by atoms with Crippen LogP contribution in [0.2, 0.25) is 5.02 Å². The predicted molar refractivity (Wildman–Crippen MR) is 199 cm³/mol. The average molecular weight is 785 g/mol. The van der Waals surface area contributed by atoms with E-state index in [-0.39, 0.29) is 42.6 Å². The maximum Gasteiger partial charge on any atom is 0.313 e. The van der Waals surface area contributed by atoms with Gasteiger partial charge in [0.05, 0.1) is 47.3 Å². The summed E-state index contributed by atoms with van der Waals surface area (Å²) in [7, 11) is 0. The quantitative estimate of drug-likeness (QED) is 0.126. The van der Waals surface area contributed by atoms with Crippen molar-refractivity contribution < 1.29 is 33.8 Å². The molecule has 3 fully saturated rings. The lowest BCUT2D eigenvalue weighted by Gasteiger charge is -2.40. The number of likely N-dealkylation sites (tertiary alicyclic amines) is 1. The number of fused-ring (bicyclic) bond motifs is 1. The van der Waals surface area contributed by atoms with Crippen LogP contribution in [0.3, 0.4) is 0 Å². The Morgan fingerprint density at radius 2 is 1.82 bits per heavy atom. The summed E-state index contributed by atoms with van der Waals surface area (Å²) in [6, 6.07) is 13.5. The molecule has 3 aliphatic rings. The van der Waals surface area contributed by atoms with Gasteiger partial charge in [-0.05, 0) is 49.8 Å². The van der Waals surface area contributed by atoms with Crippen LogP contribution in [0, 0.1) is 17.8 Å². The number of para-hydroxylation sites is 1. The van der Waals surface area contributed by atoms with Crippen molar-refractivity contribution in [3.63, 3.8) is 0 Å². The number of rotatable bonds is 16. The number of hydrogen-bond acceptors (Lipinski definition) is 7.